The van der Waals surface area contributed by atoms with E-state index >= 15 is 0 Å². The molecule has 2 aliphatic heterocycles. The zero-order valence-corrected chi connectivity index (χ0v) is 12.3. The molecular formula is C16H24N4O. The van der Waals surface area contributed by atoms with Gasteiger partial charge in [0, 0.05) is 26.2 Å². The number of carbonyl (C=O) groups is 1. The molecule has 1 unspecified atom stereocenters. The summed E-state index contributed by atoms with van der Waals surface area (Å²) in [6, 6.07) is 7.95. The van der Waals surface area contributed by atoms with Crippen LogP contribution >= 0.6 is 0 Å². The maximum absolute atomic E-state index is 12.2. The van der Waals surface area contributed by atoms with Crippen LogP contribution in [-0.2, 0) is 11.2 Å². The van der Waals surface area contributed by atoms with Crippen molar-refractivity contribution in [3.05, 3.63) is 35.4 Å². The highest BCUT2D eigenvalue weighted by Crippen LogP contribution is 2.15. The maximum atomic E-state index is 12.2. The summed E-state index contributed by atoms with van der Waals surface area (Å²) in [7, 11) is 0. The lowest BCUT2D eigenvalue weighted by atomic mass is 10.0. The highest BCUT2D eigenvalue weighted by Gasteiger charge is 2.23. The number of amides is 1. The molecule has 3 rings (SSSR count). The molecule has 114 valence electrons. The zero-order valence-electron chi connectivity index (χ0n) is 12.3. The Morgan fingerprint density at radius 3 is 2.43 bits per heavy atom. The number of hydrogen-bond acceptors (Lipinski definition) is 4. The van der Waals surface area contributed by atoms with Crippen molar-refractivity contribution in [2.75, 3.05) is 26.2 Å². The van der Waals surface area contributed by atoms with Crippen LogP contribution in [-0.4, -0.2) is 43.0 Å². The first kappa shape index (κ1) is 14.5. The largest absolute Gasteiger partial charge is 0.341 e. The van der Waals surface area contributed by atoms with Crippen molar-refractivity contribution >= 4 is 5.91 Å². The average molecular weight is 288 g/mol. The fourth-order valence-corrected chi connectivity index (χ4v) is 3.10. The van der Waals surface area contributed by atoms with Crippen LogP contribution in [0.5, 0.6) is 0 Å². The molecule has 2 heterocycles. The van der Waals surface area contributed by atoms with E-state index in [-0.39, 0.29) is 12.1 Å². The lowest BCUT2D eigenvalue weighted by Crippen LogP contribution is -2.43. The number of carbonyl (C=O) groups excluding carboxylic acids is 1. The summed E-state index contributed by atoms with van der Waals surface area (Å²) in [6.45, 7) is 3.73. The number of nitrogens with zero attached hydrogens (tertiary/aromatic N) is 1. The van der Waals surface area contributed by atoms with E-state index in [0.717, 1.165) is 44.6 Å². The van der Waals surface area contributed by atoms with E-state index in [1.807, 2.05) is 4.90 Å². The van der Waals surface area contributed by atoms with Crippen molar-refractivity contribution in [1.29, 1.82) is 0 Å². The Labute approximate surface area is 125 Å². The fourth-order valence-electron chi connectivity index (χ4n) is 3.10. The molecule has 2 aliphatic rings. The van der Waals surface area contributed by atoms with Crippen LogP contribution in [0.4, 0.5) is 0 Å². The van der Waals surface area contributed by atoms with Crippen LogP contribution in [0, 0.1) is 0 Å². The maximum Gasteiger partial charge on any atom is 0.239 e. The first-order chi connectivity index (χ1) is 10.2. The SMILES string of the molecule is NC(Cc1ccc(C2NCCN2)cc1)C(=O)N1CCCC1. The minimum absolute atomic E-state index is 0.0932. The summed E-state index contributed by atoms with van der Waals surface area (Å²) in [5.74, 6) is 0.0932. The minimum Gasteiger partial charge on any atom is -0.341 e. The van der Waals surface area contributed by atoms with Crippen molar-refractivity contribution in [3.8, 4) is 0 Å². The molecule has 2 fully saturated rings. The molecule has 21 heavy (non-hydrogen) atoms. The Kier molecular flexibility index (Phi) is 4.53. The standard InChI is InChI=1S/C16H24N4O/c17-14(16(21)20-9-1-2-10-20)11-12-3-5-13(6-4-12)15-18-7-8-19-15/h3-6,14-15,18-19H,1-2,7-11,17H2. The number of rotatable bonds is 4. The predicted octanol–water partition coefficient (Wildman–Crippen LogP) is 0.370. The molecule has 0 aromatic heterocycles. The Bertz CT molecular complexity index is 476. The minimum atomic E-state index is -0.420. The molecule has 0 spiro atoms. The molecule has 1 aromatic rings. The Morgan fingerprint density at radius 1 is 1.19 bits per heavy atom. The molecular weight excluding hydrogens is 264 g/mol. The van der Waals surface area contributed by atoms with Gasteiger partial charge in [-0.25, -0.2) is 0 Å². The molecule has 1 amide bonds. The van der Waals surface area contributed by atoms with Gasteiger partial charge in [-0.05, 0) is 30.4 Å². The molecule has 0 bridgehead atoms. The molecule has 0 aliphatic carbocycles. The second-order valence-corrected chi connectivity index (χ2v) is 5.93. The number of nitrogens with two attached hydrogens (primary N) is 1. The van der Waals surface area contributed by atoms with Crippen molar-refractivity contribution in [3.63, 3.8) is 0 Å². The van der Waals surface area contributed by atoms with Gasteiger partial charge in [0.05, 0.1) is 12.2 Å². The molecule has 0 saturated carbocycles. The molecule has 1 aromatic carbocycles. The van der Waals surface area contributed by atoms with Gasteiger partial charge in [0.1, 0.15) is 0 Å². The first-order valence-corrected chi connectivity index (χ1v) is 7.84. The summed E-state index contributed by atoms with van der Waals surface area (Å²) in [4.78, 5) is 14.1. The van der Waals surface area contributed by atoms with Crippen molar-refractivity contribution in [1.82, 2.24) is 15.5 Å². The normalized spacial score (nSPS) is 20.9. The Balaban J connectivity index is 1.57. The Hall–Kier alpha value is -1.43. The molecule has 0 radical (unpaired) electrons. The topological polar surface area (TPSA) is 70.4 Å². The summed E-state index contributed by atoms with van der Waals surface area (Å²) >= 11 is 0. The quantitative estimate of drug-likeness (QED) is 0.749. The molecule has 4 N–H and O–H groups in total. The zero-order chi connectivity index (χ0) is 14.7. The van der Waals surface area contributed by atoms with E-state index in [0.29, 0.717) is 6.42 Å². The number of likely N-dealkylation sites (tertiary alicyclic amines) is 1. The van der Waals surface area contributed by atoms with Gasteiger partial charge >= 0.3 is 0 Å². The first-order valence-electron chi connectivity index (χ1n) is 7.84. The van der Waals surface area contributed by atoms with Gasteiger partial charge in [-0.15, -0.1) is 0 Å². The van der Waals surface area contributed by atoms with Gasteiger partial charge in [-0.3, -0.25) is 15.4 Å². The number of benzene rings is 1. The van der Waals surface area contributed by atoms with E-state index in [2.05, 4.69) is 34.9 Å². The summed E-state index contributed by atoms with van der Waals surface area (Å²) in [5.41, 5.74) is 8.43. The Morgan fingerprint density at radius 2 is 1.81 bits per heavy atom. The van der Waals surface area contributed by atoms with Crippen LogP contribution < -0.4 is 16.4 Å². The van der Waals surface area contributed by atoms with Gasteiger partial charge in [0.2, 0.25) is 5.91 Å². The lowest BCUT2D eigenvalue weighted by Gasteiger charge is -2.20. The smallest absolute Gasteiger partial charge is 0.239 e. The van der Waals surface area contributed by atoms with E-state index in [1.54, 1.807) is 0 Å². The molecule has 1 atom stereocenters. The lowest BCUT2D eigenvalue weighted by molar-refractivity contribution is -0.131. The third-order valence-electron chi connectivity index (χ3n) is 4.33. The molecule has 5 nitrogen and oxygen atoms in total. The second kappa shape index (κ2) is 6.56. The highest BCUT2D eigenvalue weighted by atomic mass is 16.2. The van der Waals surface area contributed by atoms with E-state index < -0.39 is 6.04 Å². The van der Waals surface area contributed by atoms with Crippen molar-refractivity contribution in [2.45, 2.75) is 31.5 Å². The summed E-state index contributed by atoms with van der Waals surface area (Å²) in [6.07, 6.45) is 3.07. The van der Waals surface area contributed by atoms with E-state index in [4.69, 9.17) is 5.73 Å². The van der Waals surface area contributed by atoms with Crippen LogP contribution in [0.25, 0.3) is 0 Å². The second-order valence-electron chi connectivity index (χ2n) is 5.93. The van der Waals surface area contributed by atoms with E-state index in [9.17, 15) is 4.79 Å². The van der Waals surface area contributed by atoms with Gasteiger partial charge < -0.3 is 10.6 Å². The predicted molar refractivity (Wildman–Crippen MR) is 82.7 cm³/mol. The molecule has 5 heteroatoms. The summed E-state index contributed by atoms with van der Waals surface area (Å²) in [5, 5.41) is 6.78. The average Bonchev–Trinajstić information content (AvgIpc) is 3.20. The van der Waals surface area contributed by atoms with Crippen molar-refractivity contribution in [2.24, 2.45) is 5.73 Å². The highest BCUT2D eigenvalue weighted by molar-refractivity contribution is 5.82. The van der Waals surface area contributed by atoms with Gasteiger partial charge in [-0.1, -0.05) is 24.3 Å². The van der Waals surface area contributed by atoms with Gasteiger partial charge in [0.15, 0.2) is 0 Å². The fraction of sp³-hybridized carbons (Fsp3) is 0.562. The number of nitrogens with one attached hydrogen (secondary N) is 2. The van der Waals surface area contributed by atoms with Gasteiger partial charge in [0.25, 0.3) is 0 Å². The third-order valence-corrected chi connectivity index (χ3v) is 4.33. The number of hydrogen-bond donors (Lipinski definition) is 3. The third kappa shape index (κ3) is 3.43. The van der Waals surface area contributed by atoms with Crippen LogP contribution in [0.15, 0.2) is 24.3 Å². The monoisotopic (exact) mass is 288 g/mol. The van der Waals surface area contributed by atoms with E-state index in [1.165, 1.54) is 5.56 Å². The summed E-state index contributed by atoms with van der Waals surface area (Å²) < 4.78 is 0. The van der Waals surface area contributed by atoms with Gasteiger partial charge in [-0.2, -0.15) is 0 Å². The van der Waals surface area contributed by atoms with Crippen LogP contribution in [0.1, 0.15) is 30.1 Å². The van der Waals surface area contributed by atoms with Crippen LogP contribution in [0.3, 0.4) is 0 Å². The van der Waals surface area contributed by atoms with Crippen molar-refractivity contribution < 1.29 is 4.79 Å². The van der Waals surface area contributed by atoms with Crippen LogP contribution in [0.2, 0.25) is 0 Å². The molecule has 2 saturated heterocycles.